The first-order chi connectivity index (χ1) is 39.9. The Kier molecular flexibility index (Phi) is 49.0. The number of hydrogen-bond donors (Lipinski definition) is 10. The van der Waals surface area contributed by atoms with Crippen molar-refractivity contribution in [1.82, 2.24) is 50.1 Å². The minimum absolute atomic E-state index is 0.00522. The van der Waals surface area contributed by atoms with Crippen molar-refractivity contribution < 1.29 is 57.4 Å². The Hall–Kier alpha value is -6.29. The fourth-order valence-corrected chi connectivity index (χ4v) is 5.90. The van der Waals surface area contributed by atoms with Crippen LogP contribution in [0.15, 0.2) is 24.3 Å². The van der Waals surface area contributed by atoms with Crippen LogP contribution >= 0.6 is 34.8 Å². The lowest BCUT2D eigenvalue weighted by atomic mass is 10.2. The zero-order valence-electron chi connectivity index (χ0n) is 50.1. The number of carbonyl (C=O) groups is 4. The van der Waals surface area contributed by atoms with Crippen LogP contribution < -0.4 is 49.9 Å². The molecule has 0 spiro atoms. The first kappa shape index (κ1) is 80.9. The number of aromatic carboxylic acids is 1. The highest BCUT2D eigenvalue weighted by atomic mass is 35.5. The first-order valence-electron chi connectivity index (χ1n) is 26.4. The zero-order valence-corrected chi connectivity index (χ0v) is 52.4. The van der Waals surface area contributed by atoms with E-state index in [2.05, 4.69) is 98.8 Å². The number of piperazine rings is 1. The molecule has 0 bridgehead atoms. The zero-order chi connectivity index (χ0) is 63.9. The number of methoxy groups -OCH3 is 3. The standard InChI is InChI=1S/C9H10ClN3O3.C9H12N4O3.C8H10N4O3.C6H4Cl2N2O2.C5H12N2.C3H7NO.4C2H6.2CH5N/c2*1-15-8(14)6-2-7(13-9(10)12-6)11-5-3-16-4-5;9-8-11-5(7(13)14)1-6(12-8)10-4-2-15-3-4;1-12-5(11)3-2-4(7)10-6(8)9-3;1-7-4-2-6-3-5-7;4-3-1-5-2-3;6*1-2/h2,5H,3-4H2,1H3,(H,11,12,13);2,5H,3-4H2,1H3,(H3,10,11,12,13);1,4H,2-3H2,(H,13,14)(H3,9,10,11,12);2H,1H3;6H,2-5H2,1H3;3H,1-2,4H2;4*1-2H3;2*2H2,1H3. The second kappa shape index (κ2) is 50.2. The number of esters is 3. The third kappa shape index (κ3) is 35.5. The fourth-order valence-electron chi connectivity index (χ4n) is 5.31. The minimum atomic E-state index is -1.13. The van der Waals surface area contributed by atoms with Gasteiger partial charge in [0.2, 0.25) is 22.5 Å². The van der Waals surface area contributed by atoms with E-state index in [0.717, 1.165) is 26.3 Å². The lowest BCUT2D eigenvalue weighted by Crippen LogP contribution is -2.41. The number of nitrogens with zero attached hydrogens (tertiary/aromatic N) is 9. The largest absolute Gasteiger partial charge is 0.477 e. The van der Waals surface area contributed by atoms with Crippen LogP contribution in [0.3, 0.4) is 0 Å². The van der Waals surface area contributed by atoms with Crippen molar-refractivity contribution in [1.29, 1.82) is 0 Å². The second-order valence-electron chi connectivity index (χ2n) is 15.0. The molecule has 4 aromatic rings. The van der Waals surface area contributed by atoms with Gasteiger partial charge in [0.1, 0.15) is 22.6 Å². The van der Waals surface area contributed by atoms with Crippen molar-refractivity contribution in [2.45, 2.75) is 79.6 Å². The van der Waals surface area contributed by atoms with Crippen molar-refractivity contribution >= 4 is 88.0 Å². The van der Waals surface area contributed by atoms with Gasteiger partial charge in [-0.3, -0.25) is 0 Å². The Morgan fingerprint density at radius 1 is 0.530 bits per heavy atom. The van der Waals surface area contributed by atoms with Gasteiger partial charge in [0, 0.05) is 50.4 Å². The van der Waals surface area contributed by atoms with Crippen LogP contribution in [0.5, 0.6) is 0 Å². The molecule has 0 radical (unpaired) electrons. The molecular formula is C50H89Cl3N18O12. The monoisotopic (exact) mass is 1240 g/mol. The number of halogens is 3. The molecule has 15 N–H and O–H groups in total. The van der Waals surface area contributed by atoms with Gasteiger partial charge in [-0.2, -0.15) is 9.97 Å². The van der Waals surface area contributed by atoms with E-state index >= 15 is 0 Å². The van der Waals surface area contributed by atoms with Crippen LogP contribution in [0, 0.1) is 0 Å². The van der Waals surface area contributed by atoms with E-state index < -0.39 is 23.9 Å². The average Bonchev–Trinajstić information content (AvgIpc) is 3.54. The molecule has 30 nitrogen and oxygen atoms in total. The lowest BCUT2D eigenvalue weighted by Gasteiger charge is -2.27. The van der Waals surface area contributed by atoms with Crippen molar-refractivity contribution in [3.05, 3.63) is 62.8 Å². The molecule has 5 aliphatic rings. The fraction of sp³-hybridized carbons (Fsp3) is 0.600. The maximum Gasteiger partial charge on any atom is 0.356 e. The Morgan fingerprint density at radius 3 is 1.11 bits per heavy atom. The molecule has 0 atom stereocenters. The van der Waals surface area contributed by atoms with E-state index in [0.29, 0.717) is 63.1 Å². The number of nitrogen functional groups attached to an aromatic ring is 2. The highest BCUT2D eigenvalue weighted by Gasteiger charge is 2.22. The first-order valence-corrected chi connectivity index (χ1v) is 27.5. The van der Waals surface area contributed by atoms with Crippen LogP contribution in [0.1, 0.15) is 97.3 Å². The molecule has 33 heteroatoms. The molecule has 5 fully saturated rings. The lowest BCUT2D eigenvalue weighted by molar-refractivity contribution is 0.0121. The number of nitrogens with one attached hydrogen (secondary N) is 4. The van der Waals surface area contributed by atoms with E-state index in [1.165, 1.54) is 72.8 Å². The number of anilines is 5. The number of carbonyl (C=O) groups excluding carboxylic acids is 3. The Bertz CT molecular complexity index is 2280. The van der Waals surface area contributed by atoms with Crippen LogP contribution in [-0.4, -0.2) is 219 Å². The highest BCUT2D eigenvalue weighted by Crippen LogP contribution is 2.17. The molecule has 0 saturated carbocycles. The van der Waals surface area contributed by atoms with Crippen molar-refractivity contribution in [2.24, 2.45) is 17.2 Å². The maximum atomic E-state index is 11.3. The van der Waals surface area contributed by atoms with Crippen molar-refractivity contribution in [2.75, 3.05) is 149 Å². The van der Waals surface area contributed by atoms with Gasteiger partial charge in [-0.05, 0) is 44.3 Å². The number of carboxylic acid groups (broad SMARTS) is 1. The number of rotatable bonds is 10. The van der Waals surface area contributed by atoms with Gasteiger partial charge in [-0.1, -0.05) is 67.0 Å². The van der Waals surface area contributed by atoms with E-state index in [-0.39, 0.29) is 68.5 Å². The van der Waals surface area contributed by atoms with Crippen LogP contribution in [-0.2, 0) is 33.2 Å². The van der Waals surface area contributed by atoms with Gasteiger partial charge in [-0.25, -0.2) is 49.1 Å². The number of ether oxygens (including phenoxy) is 7. The predicted octanol–water partition coefficient (Wildman–Crippen LogP) is 3.64. The van der Waals surface area contributed by atoms with Gasteiger partial charge in [0.15, 0.2) is 22.8 Å². The summed E-state index contributed by atoms with van der Waals surface area (Å²) in [7, 11) is 8.96. The summed E-state index contributed by atoms with van der Waals surface area (Å²) in [6.07, 6.45) is 0. The summed E-state index contributed by atoms with van der Waals surface area (Å²) in [6.45, 7) is 25.9. The summed E-state index contributed by atoms with van der Waals surface area (Å²) >= 11 is 16.6. The molecule has 0 unspecified atom stereocenters. The summed E-state index contributed by atoms with van der Waals surface area (Å²) in [4.78, 5) is 76.5. The summed E-state index contributed by atoms with van der Waals surface area (Å²) < 4.78 is 33.2. The SMILES string of the molecule is CC.CC.CC.CC.CN.CN.CN1CCNCC1.COC(=O)c1cc(Cl)nc(Cl)n1.COC(=O)c1cc(NC2COC2)nc(Cl)n1.COC(=O)c1cc(NC2COC2)nc(N)n1.NC1COC1.Nc1nc(NC2COC2)cc(C(=O)O)n1. The van der Waals surface area contributed by atoms with Crippen molar-refractivity contribution in [3.8, 4) is 0 Å². The molecule has 5 saturated heterocycles. The molecule has 472 valence electrons. The second-order valence-corrected chi connectivity index (χ2v) is 16.1. The van der Waals surface area contributed by atoms with E-state index in [1.54, 1.807) is 0 Å². The smallest absolute Gasteiger partial charge is 0.356 e. The quantitative estimate of drug-likeness (QED) is 0.0469. The number of carboxylic acids is 1. The van der Waals surface area contributed by atoms with Gasteiger partial charge in [0.25, 0.3) is 0 Å². The molecule has 9 rings (SSSR count). The molecule has 9 heterocycles. The Labute approximate surface area is 502 Å². The van der Waals surface area contributed by atoms with Gasteiger partial charge >= 0.3 is 23.9 Å². The van der Waals surface area contributed by atoms with E-state index in [9.17, 15) is 19.2 Å². The number of nitrogens with two attached hydrogens (primary N) is 5. The summed E-state index contributed by atoms with van der Waals surface area (Å²) in [5.41, 5.74) is 25.3. The van der Waals surface area contributed by atoms with E-state index in [1.807, 2.05) is 55.4 Å². The molecule has 83 heavy (non-hydrogen) atoms. The van der Waals surface area contributed by atoms with Gasteiger partial charge < -0.3 is 93.1 Å². The number of hydrogen-bond acceptors (Lipinski definition) is 29. The van der Waals surface area contributed by atoms with Crippen LogP contribution in [0.4, 0.5) is 29.4 Å². The Morgan fingerprint density at radius 2 is 0.831 bits per heavy atom. The average molecular weight is 1240 g/mol. The third-order valence-corrected chi connectivity index (χ3v) is 9.76. The molecule has 5 aliphatic heterocycles. The molecular weight excluding hydrogens is 1150 g/mol. The minimum Gasteiger partial charge on any atom is -0.477 e. The molecule has 4 aromatic heterocycles. The molecule has 0 aromatic carbocycles. The van der Waals surface area contributed by atoms with E-state index in [4.69, 9.17) is 76.1 Å². The molecule has 0 amide bonds. The predicted molar refractivity (Wildman–Crippen MR) is 322 cm³/mol. The van der Waals surface area contributed by atoms with Gasteiger partial charge in [0.05, 0.1) is 98.4 Å². The maximum absolute atomic E-state index is 11.3. The van der Waals surface area contributed by atoms with Gasteiger partial charge in [-0.15, -0.1) is 0 Å². The summed E-state index contributed by atoms with van der Waals surface area (Å²) in [5.74, 6) is -1.43. The summed E-state index contributed by atoms with van der Waals surface area (Å²) in [6, 6.07) is 6.54. The topological polar surface area (TPSA) is 438 Å². The van der Waals surface area contributed by atoms with Crippen LogP contribution in [0.2, 0.25) is 15.7 Å². The molecule has 0 aliphatic carbocycles. The van der Waals surface area contributed by atoms with Crippen LogP contribution in [0.25, 0.3) is 0 Å². The van der Waals surface area contributed by atoms with Crippen molar-refractivity contribution in [3.63, 3.8) is 0 Å². The highest BCUT2D eigenvalue weighted by molar-refractivity contribution is 6.32. The number of aromatic nitrogens is 8. The summed E-state index contributed by atoms with van der Waals surface area (Å²) in [5, 5.41) is 21.2. The normalized spacial score (nSPS) is 14.3. The Balaban J connectivity index is -0.000000914. The number of likely N-dealkylation sites (N-methyl/N-ethyl adjacent to an activating group) is 1. The third-order valence-electron chi connectivity index (χ3n) is 9.23.